The molecule has 0 radical (unpaired) electrons. The molecular weight excluding hydrogens is 356 g/mol. The second kappa shape index (κ2) is 7.77. The van der Waals surface area contributed by atoms with E-state index in [9.17, 15) is 8.42 Å². The molecule has 25 heavy (non-hydrogen) atoms. The molecule has 3 aromatic rings. The number of nitrogens with zero attached hydrogens (tertiary/aromatic N) is 1. The molecule has 0 spiro atoms. The number of benzene rings is 1. The SMILES string of the molecule is CCc1ccc(S(=O)(=O)NCc2cccc(Oc3ccccn3)c2)s1. The largest absolute Gasteiger partial charge is 0.439 e. The van der Waals surface area contributed by atoms with Crippen LogP contribution in [0.4, 0.5) is 0 Å². The lowest BCUT2D eigenvalue weighted by Crippen LogP contribution is -2.22. The third kappa shape index (κ3) is 4.66. The molecular formula is C18H18N2O3S2. The van der Waals surface area contributed by atoms with Crippen LogP contribution in [0.15, 0.2) is 65.0 Å². The Kier molecular flexibility index (Phi) is 5.47. The molecule has 0 saturated heterocycles. The average Bonchev–Trinajstić information content (AvgIpc) is 3.12. The van der Waals surface area contributed by atoms with Crippen molar-refractivity contribution in [1.29, 1.82) is 0 Å². The van der Waals surface area contributed by atoms with Gasteiger partial charge in [0, 0.05) is 23.7 Å². The first-order valence-corrected chi connectivity index (χ1v) is 10.1. The molecule has 3 rings (SSSR count). The number of ether oxygens (including phenoxy) is 1. The second-order valence-electron chi connectivity index (χ2n) is 5.32. The number of hydrogen-bond donors (Lipinski definition) is 1. The van der Waals surface area contributed by atoms with Gasteiger partial charge in [0.15, 0.2) is 0 Å². The van der Waals surface area contributed by atoms with E-state index in [2.05, 4.69) is 9.71 Å². The number of thiophene rings is 1. The summed E-state index contributed by atoms with van der Waals surface area (Å²) in [7, 11) is -3.50. The smallest absolute Gasteiger partial charge is 0.250 e. The van der Waals surface area contributed by atoms with Crippen LogP contribution in [0.1, 0.15) is 17.4 Å². The second-order valence-corrected chi connectivity index (χ2v) is 8.48. The Balaban J connectivity index is 1.68. The first-order chi connectivity index (χ1) is 12.1. The van der Waals surface area contributed by atoms with Crippen molar-refractivity contribution in [3.8, 4) is 11.6 Å². The van der Waals surface area contributed by atoms with Crippen molar-refractivity contribution in [2.75, 3.05) is 0 Å². The zero-order valence-corrected chi connectivity index (χ0v) is 15.3. The third-order valence-corrected chi connectivity index (χ3v) is 6.60. The van der Waals surface area contributed by atoms with Gasteiger partial charge < -0.3 is 4.74 Å². The molecule has 0 bridgehead atoms. The van der Waals surface area contributed by atoms with Gasteiger partial charge in [-0.1, -0.05) is 25.1 Å². The van der Waals surface area contributed by atoms with Crippen LogP contribution in [0.5, 0.6) is 11.6 Å². The number of hydrogen-bond acceptors (Lipinski definition) is 5. The Morgan fingerprint density at radius 2 is 2.00 bits per heavy atom. The van der Waals surface area contributed by atoms with Crippen LogP contribution in [-0.2, 0) is 23.0 Å². The topological polar surface area (TPSA) is 68.3 Å². The zero-order valence-electron chi connectivity index (χ0n) is 13.7. The van der Waals surface area contributed by atoms with E-state index < -0.39 is 10.0 Å². The molecule has 1 N–H and O–H groups in total. The average molecular weight is 374 g/mol. The van der Waals surface area contributed by atoms with Crippen molar-refractivity contribution in [3.05, 3.63) is 71.2 Å². The molecule has 0 unspecified atom stereocenters. The van der Waals surface area contributed by atoms with E-state index >= 15 is 0 Å². The van der Waals surface area contributed by atoms with Gasteiger partial charge in [-0.15, -0.1) is 11.3 Å². The predicted molar refractivity (Wildman–Crippen MR) is 98.5 cm³/mol. The lowest BCUT2D eigenvalue weighted by atomic mass is 10.2. The van der Waals surface area contributed by atoms with E-state index in [0.717, 1.165) is 16.9 Å². The van der Waals surface area contributed by atoms with Gasteiger partial charge in [-0.25, -0.2) is 18.1 Å². The lowest BCUT2D eigenvalue weighted by Gasteiger charge is -2.08. The minimum absolute atomic E-state index is 0.196. The maximum Gasteiger partial charge on any atom is 0.250 e. The summed E-state index contributed by atoms with van der Waals surface area (Å²) < 4.78 is 33.4. The van der Waals surface area contributed by atoms with Gasteiger partial charge in [0.2, 0.25) is 15.9 Å². The van der Waals surface area contributed by atoms with E-state index in [0.29, 0.717) is 15.8 Å². The highest BCUT2D eigenvalue weighted by Crippen LogP contribution is 2.23. The maximum absolute atomic E-state index is 12.4. The number of aryl methyl sites for hydroxylation is 1. The summed E-state index contributed by atoms with van der Waals surface area (Å²) in [6.07, 6.45) is 2.48. The molecule has 2 aromatic heterocycles. The summed E-state index contributed by atoms with van der Waals surface area (Å²) in [5.41, 5.74) is 0.810. The standard InChI is InChI=1S/C18H18N2O3S2/c1-2-16-9-10-18(24-16)25(21,22)20-13-14-6-5-7-15(12-14)23-17-8-3-4-11-19-17/h3-12,20H,2,13H2,1H3. The van der Waals surface area contributed by atoms with Crippen LogP contribution >= 0.6 is 11.3 Å². The first-order valence-electron chi connectivity index (χ1n) is 7.83. The highest BCUT2D eigenvalue weighted by molar-refractivity contribution is 7.91. The van der Waals surface area contributed by atoms with Gasteiger partial charge in [0.1, 0.15) is 9.96 Å². The summed E-state index contributed by atoms with van der Waals surface area (Å²) >= 11 is 1.30. The molecule has 0 amide bonds. The van der Waals surface area contributed by atoms with Gasteiger partial charge >= 0.3 is 0 Å². The monoisotopic (exact) mass is 374 g/mol. The van der Waals surface area contributed by atoms with Crippen LogP contribution in [0.3, 0.4) is 0 Å². The number of aromatic nitrogens is 1. The summed E-state index contributed by atoms with van der Waals surface area (Å²) in [4.78, 5) is 5.15. The Hall–Kier alpha value is -2.22. The van der Waals surface area contributed by atoms with Crippen molar-refractivity contribution in [2.45, 2.75) is 24.1 Å². The Labute approximate surface area is 151 Å². The van der Waals surface area contributed by atoms with Crippen LogP contribution in [-0.4, -0.2) is 13.4 Å². The molecule has 0 aliphatic rings. The summed E-state index contributed by atoms with van der Waals surface area (Å²) in [6, 6.07) is 16.2. The van der Waals surface area contributed by atoms with Crippen LogP contribution in [0, 0.1) is 0 Å². The number of pyridine rings is 1. The minimum atomic E-state index is -3.50. The first kappa shape index (κ1) is 17.6. The van der Waals surface area contributed by atoms with Crippen molar-refractivity contribution in [3.63, 3.8) is 0 Å². The van der Waals surface area contributed by atoms with Crippen LogP contribution in [0.25, 0.3) is 0 Å². The lowest BCUT2D eigenvalue weighted by molar-refractivity contribution is 0.462. The van der Waals surface area contributed by atoms with Crippen molar-refractivity contribution in [1.82, 2.24) is 9.71 Å². The molecule has 2 heterocycles. The number of sulfonamides is 1. The van der Waals surface area contributed by atoms with Gasteiger partial charge in [0.25, 0.3) is 0 Å². The molecule has 0 saturated carbocycles. The minimum Gasteiger partial charge on any atom is -0.439 e. The van der Waals surface area contributed by atoms with Gasteiger partial charge in [-0.05, 0) is 42.3 Å². The molecule has 0 aliphatic carbocycles. The van der Waals surface area contributed by atoms with Crippen molar-refractivity contribution in [2.24, 2.45) is 0 Å². The van der Waals surface area contributed by atoms with E-state index in [1.807, 2.05) is 37.3 Å². The molecule has 0 atom stereocenters. The van der Waals surface area contributed by atoms with E-state index in [1.165, 1.54) is 11.3 Å². The normalized spacial score (nSPS) is 11.4. The molecule has 0 aliphatic heterocycles. The summed E-state index contributed by atoms with van der Waals surface area (Å²) in [5, 5.41) is 0. The Morgan fingerprint density at radius 1 is 1.12 bits per heavy atom. The maximum atomic E-state index is 12.4. The van der Waals surface area contributed by atoms with E-state index in [-0.39, 0.29) is 6.54 Å². The molecule has 130 valence electrons. The fourth-order valence-electron chi connectivity index (χ4n) is 2.19. The molecule has 1 aromatic carbocycles. The third-order valence-electron chi connectivity index (χ3n) is 3.48. The van der Waals surface area contributed by atoms with Crippen molar-refractivity contribution >= 4 is 21.4 Å². The molecule has 7 heteroatoms. The van der Waals surface area contributed by atoms with E-state index in [1.54, 1.807) is 30.5 Å². The predicted octanol–water partition coefficient (Wildman–Crippen LogP) is 3.98. The number of nitrogens with one attached hydrogen (secondary N) is 1. The van der Waals surface area contributed by atoms with Crippen LogP contribution in [0.2, 0.25) is 0 Å². The fraction of sp³-hybridized carbons (Fsp3) is 0.167. The van der Waals surface area contributed by atoms with E-state index in [4.69, 9.17) is 4.74 Å². The number of rotatable bonds is 7. The Bertz CT molecular complexity index is 938. The fourth-order valence-corrected chi connectivity index (χ4v) is 4.55. The summed E-state index contributed by atoms with van der Waals surface area (Å²) in [6.45, 7) is 2.20. The Morgan fingerprint density at radius 3 is 2.72 bits per heavy atom. The zero-order chi connectivity index (χ0) is 17.7. The van der Waals surface area contributed by atoms with Gasteiger partial charge in [0.05, 0.1) is 0 Å². The van der Waals surface area contributed by atoms with Gasteiger partial charge in [-0.2, -0.15) is 0 Å². The van der Waals surface area contributed by atoms with Crippen molar-refractivity contribution < 1.29 is 13.2 Å². The quantitative estimate of drug-likeness (QED) is 0.679. The highest BCUT2D eigenvalue weighted by Gasteiger charge is 2.16. The molecule has 0 fully saturated rings. The molecule has 5 nitrogen and oxygen atoms in total. The highest BCUT2D eigenvalue weighted by atomic mass is 32.2. The van der Waals surface area contributed by atoms with Gasteiger partial charge in [-0.3, -0.25) is 0 Å². The van der Waals surface area contributed by atoms with Crippen LogP contribution < -0.4 is 9.46 Å². The summed E-state index contributed by atoms with van der Waals surface area (Å²) in [5.74, 6) is 1.10.